The summed E-state index contributed by atoms with van der Waals surface area (Å²) in [6.45, 7) is 2.72. The largest absolute Gasteiger partial charge is 0.378 e. The normalized spacial score (nSPS) is 23.5. The summed E-state index contributed by atoms with van der Waals surface area (Å²) < 4.78 is 5.46. The molecule has 4 nitrogen and oxygen atoms in total. The first-order chi connectivity index (χ1) is 9.19. The highest BCUT2D eigenvalue weighted by atomic mass is 16.5. The number of carbonyl (C=O) groups excluding carboxylic acids is 1. The van der Waals surface area contributed by atoms with Gasteiger partial charge in [0.25, 0.3) is 0 Å². The van der Waals surface area contributed by atoms with Crippen molar-refractivity contribution in [1.29, 1.82) is 0 Å². The molecule has 0 aliphatic heterocycles. The van der Waals surface area contributed by atoms with Crippen LogP contribution in [-0.2, 0) is 16.0 Å². The van der Waals surface area contributed by atoms with Crippen molar-refractivity contribution in [1.82, 2.24) is 5.32 Å². The van der Waals surface area contributed by atoms with Crippen LogP contribution in [0.1, 0.15) is 25.3 Å². The van der Waals surface area contributed by atoms with Gasteiger partial charge in [-0.2, -0.15) is 0 Å². The summed E-state index contributed by atoms with van der Waals surface area (Å²) >= 11 is 0. The zero-order chi connectivity index (χ0) is 13.7. The van der Waals surface area contributed by atoms with E-state index in [0.717, 1.165) is 25.0 Å². The minimum Gasteiger partial charge on any atom is -0.378 e. The lowest BCUT2D eigenvalue weighted by atomic mass is 9.89. The fourth-order valence-corrected chi connectivity index (χ4v) is 2.32. The lowest BCUT2D eigenvalue weighted by Crippen LogP contribution is -2.52. The fourth-order valence-electron chi connectivity index (χ4n) is 2.32. The van der Waals surface area contributed by atoms with Gasteiger partial charge in [0, 0.05) is 12.6 Å². The number of nitrogens with two attached hydrogens (primary N) is 1. The molecule has 1 amide bonds. The van der Waals surface area contributed by atoms with Crippen LogP contribution in [0.2, 0.25) is 0 Å². The van der Waals surface area contributed by atoms with E-state index in [1.54, 1.807) is 0 Å². The molecule has 0 bridgehead atoms. The zero-order valence-corrected chi connectivity index (χ0v) is 11.3. The summed E-state index contributed by atoms with van der Waals surface area (Å²) in [7, 11) is 0. The van der Waals surface area contributed by atoms with Gasteiger partial charge in [-0.1, -0.05) is 30.3 Å². The van der Waals surface area contributed by atoms with E-state index >= 15 is 0 Å². The number of hydrogen-bond acceptors (Lipinski definition) is 3. The minimum atomic E-state index is -0.478. The second kappa shape index (κ2) is 6.68. The lowest BCUT2D eigenvalue weighted by molar-refractivity contribution is -0.124. The third kappa shape index (κ3) is 4.04. The van der Waals surface area contributed by atoms with E-state index in [9.17, 15) is 4.79 Å². The molecule has 0 unspecified atom stereocenters. The van der Waals surface area contributed by atoms with Gasteiger partial charge in [0.05, 0.1) is 12.1 Å². The number of benzene rings is 1. The van der Waals surface area contributed by atoms with Crippen molar-refractivity contribution in [2.24, 2.45) is 5.73 Å². The van der Waals surface area contributed by atoms with Crippen LogP contribution in [0.25, 0.3) is 0 Å². The van der Waals surface area contributed by atoms with E-state index in [1.165, 1.54) is 0 Å². The van der Waals surface area contributed by atoms with Crippen molar-refractivity contribution < 1.29 is 9.53 Å². The predicted octanol–water partition coefficient (Wildman–Crippen LogP) is 1.24. The van der Waals surface area contributed by atoms with Gasteiger partial charge in [-0.25, -0.2) is 0 Å². The van der Waals surface area contributed by atoms with Crippen LogP contribution in [-0.4, -0.2) is 30.7 Å². The second-order valence-electron chi connectivity index (χ2n) is 5.05. The van der Waals surface area contributed by atoms with Crippen LogP contribution in [0.3, 0.4) is 0 Å². The summed E-state index contributed by atoms with van der Waals surface area (Å²) in [6.07, 6.45) is 2.68. The Hall–Kier alpha value is -1.39. The van der Waals surface area contributed by atoms with Crippen molar-refractivity contribution in [3.63, 3.8) is 0 Å². The number of hydrogen-bond donors (Lipinski definition) is 2. The highest BCUT2D eigenvalue weighted by molar-refractivity contribution is 5.82. The molecule has 1 aliphatic carbocycles. The second-order valence-corrected chi connectivity index (χ2v) is 5.05. The molecule has 1 aromatic rings. The maximum atomic E-state index is 11.9. The molecule has 0 aromatic heterocycles. The molecule has 104 valence electrons. The number of amides is 1. The Kier molecular flexibility index (Phi) is 4.93. The molecule has 1 fully saturated rings. The van der Waals surface area contributed by atoms with Crippen molar-refractivity contribution in [2.75, 3.05) is 6.61 Å². The van der Waals surface area contributed by atoms with Crippen molar-refractivity contribution in [3.05, 3.63) is 35.9 Å². The van der Waals surface area contributed by atoms with E-state index in [1.807, 2.05) is 37.3 Å². The SMILES string of the molecule is CCOC1CC(NC(=O)[C@@H](N)Cc2ccccc2)C1. The number of nitrogens with one attached hydrogen (secondary N) is 1. The molecule has 3 N–H and O–H groups in total. The first-order valence-corrected chi connectivity index (χ1v) is 6.90. The number of carbonyl (C=O) groups is 1. The van der Waals surface area contributed by atoms with Gasteiger partial charge in [-0.3, -0.25) is 4.79 Å². The summed E-state index contributed by atoms with van der Waals surface area (Å²) in [5.41, 5.74) is 7.02. The van der Waals surface area contributed by atoms with Gasteiger partial charge < -0.3 is 15.8 Å². The first kappa shape index (κ1) is 14.0. The van der Waals surface area contributed by atoms with Gasteiger partial charge in [-0.05, 0) is 31.7 Å². The highest BCUT2D eigenvalue weighted by Crippen LogP contribution is 2.23. The lowest BCUT2D eigenvalue weighted by Gasteiger charge is -2.35. The Labute approximate surface area is 114 Å². The van der Waals surface area contributed by atoms with Crippen molar-refractivity contribution in [2.45, 2.75) is 44.4 Å². The van der Waals surface area contributed by atoms with Gasteiger partial charge in [-0.15, -0.1) is 0 Å². The summed E-state index contributed by atoms with van der Waals surface area (Å²) in [5, 5.41) is 2.98. The Balaban J connectivity index is 1.72. The van der Waals surface area contributed by atoms with Crippen LogP contribution in [0.5, 0.6) is 0 Å². The summed E-state index contributed by atoms with van der Waals surface area (Å²) in [4.78, 5) is 11.9. The Morgan fingerprint density at radius 2 is 2.11 bits per heavy atom. The molecular weight excluding hydrogens is 240 g/mol. The number of rotatable bonds is 6. The van der Waals surface area contributed by atoms with E-state index in [0.29, 0.717) is 12.5 Å². The standard InChI is InChI=1S/C15H22N2O2/c1-2-19-13-9-12(10-13)17-15(18)14(16)8-11-6-4-3-5-7-11/h3-7,12-14H,2,8-10,16H2,1H3,(H,17,18)/t12?,13?,14-/m0/s1. The molecule has 1 atom stereocenters. The van der Waals surface area contributed by atoms with Crippen LogP contribution < -0.4 is 11.1 Å². The first-order valence-electron chi connectivity index (χ1n) is 6.90. The van der Waals surface area contributed by atoms with E-state index in [2.05, 4.69) is 5.32 Å². The molecule has 0 radical (unpaired) electrons. The van der Waals surface area contributed by atoms with E-state index < -0.39 is 6.04 Å². The quantitative estimate of drug-likeness (QED) is 0.810. The highest BCUT2D eigenvalue weighted by Gasteiger charge is 2.31. The number of ether oxygens (including phenoxy) is 1. The maximum Gasteiger partial charge on any atom is 0.237 e. The van der Waals surface area contributed by atoms with E-state index in [4.69, 9.17) is 10.5 Å². The van der Waals surface area contributed by atoms with Crippen LogP contribution >= 0.6 is 0 Å². The van der Waals surface area contributed by atoms with Crippen molar-refractivity contribution in [3.8, 4) is 0 Å². The Morgan fingerprint density at radius 1 is 1.42 bits per heavy atom. The molecule has 19 heavy (non-hydrogen) atoms. The molecule has 1 aliphatic rings. The molecule has 0 spiro atoms. The molecular formula is C15H22N2O2. The van der Waals surface area contributed by atoms with Crippen LogP contribution in [0, 0.1) is 0 Å². The van der Waals surface area contributed by atoms with Gasteiger partial charge in [0.15, 0.2) is 0 Å². The van der Waals surface area contributed by atoms with E-state index in [-0.39, 0.29) is 11.9 Å². The molecule has 2 rings (SSSR count). The van der Waals surface area contributed by atoms with Crippen LogP contribution in [0.4, 0.5) is 0 Å². The molecule has 1 saturated carbocycles. The molecule has 1 aromatic carbocycles. The average molecular weight is 262 g/mol. The predicted molar refractivity (Wildman–Crippen MR) is 74.7 cm³/mol. The fraction of sp³-hybridized carbons (Fsp3) is 0.533. The third-order valence-corrected chi connectivity index (χ3v) is 3.48. The molecule has 0 saturated heterocycles. The zero-order valence-electron chi connectivity index (χ0n) is 11.3. The summed E-state index contributed by atoms with van der Waals surface area (Å²) in [5.74, 6) is -0.0659. The van der Waals surface area contributed by atoms with Gasteiger partial charge in [0.2, 0.25) is 5.91 Å². The van der Waals surface area contributed by atoms with Gasteiger partial charge >= 0.3 is 0 Å². The molecule has 4 heteroatoms. The van der Waals surface area contributed by atoms with Crippen LogP contribution in [0.15, 0.2) is 30.3 Å². The Morgan fingerprint density at radius 3 is 2.74 bits per heavy atom. The summed E-state index contributed by atoms with van der Waals surface area (Å²) in [6, 6.07) is 9.59. The smallest absolute Gasteiger partial charge is 0.237 e. The molecule has 0 heterocycles. The Bertz CT molecular complexity index is 402. The topological polar surface area (TPSA) is 64.3 Å². The monoisotopic (exact) mass is 262 g/mol. The van der Waals surface area contributed by atoms with Gasteiger partial charge in [0.1, 0.15) is 0 Å². The van der Waals surface area contributed by atoms with Crippen molar-refractivity contribution >= 4 is 5.91 Å². The third-order valence-electron chi connectivity index (χ3n) is 3.48. The maximum absolute atomic E-state index is 11.9. The minimum absolute atomic E-state index is 0.0659. The average Bonchev–Trinajstić information content (AvgIpc) is 2.37.